The summed E-state index contributed by atoms with van der Waals surface area (Å²) < 4.78 is 22.5. The van der Waals surface area contributed by atoms with E-state index >= 15 is 0 Å². The number of hydrogen-bond acceptors (Lipinski definition) is 7. The molecule has 0 aliphatic heterocycles. The van der Waals surface area contributed by atoms with Gasteiger partial charge in [0.2, 0.25) is 5.88 Å². The first-order valence-electron chi connectivity index (χ1n) is 11.2. The largest absolute Gasteiger partial charge is 0.489 e. The average Bonchev–Trinajstić information content (AvgIpc) is 2.81. The number of nitrogens with one attached hydrogen (secondary N) is 1. The quantitative estimate of drug-likeness (QED) is 0.380. The Morgan fingerprint density at radius 1 is 0.882 bits per heavy atom. The van der Waals surface area contributed by atoms with E-state index < -0.39 is 11.7 Å². The van der Waals surface area contributed by atoms with Crippen molar-refractivity contribution in [3.8, 4) is 11.6 Å². The third kappa shape index (κ3) is 9.07. The standard InChI is InChI=1S/C26H31N3O5/c1-26(2,3)34-25(30)29-23-16-28-24(17-27-23)32-15-9-14-31-19-21-12-7-8-13-22(21)33-18-20-10-5-4-6-11-20/h4-8,10-13,16-17H,9,14-15,18-19H2,1-3H3,(H,27,29,30). The van der Waals surface area contributed by atoms with Gasteiger partial charge in [-0.2, -0.15) is 0 Å². The molecular weight excluding hydrogens is 434 g/mol. The van der Waals surface area contributed by atoms with Crippen LogP contribution in [0.2, 0.25) is 0 Å². The molecule has 0 bridgehead atoms. The summed E-state index contributed by atoms with van der Waals surface area (Å²) in [6.07, 6.45) is 2.97. The van der Waals surface area contributed by atoms with Gasteiger partial charge in [-0.15, -0.1) is 0 Å². The Balaban J connectivity index is 1.34. The van der Waals surface area contributed by atoms with Gasteiger partial charge in [-0.05, 0) is 32.4 Å². The number of anilines is 1. The molecule has 0 saturated heterocycles. The monoisotopic (exact) mass is 465 g/mol. The van der Waals surface area contributed by atoms with Gasteiger partial charge in [-0.25, -0.2) is 14.8 Å². The Labute approximate surface area is 200 Å². The number of ether oxygens (including phenoxy) is 4. The fraction of sp³-hybridized carbons (Fsp3) is 0.346. The van der Waals surface area contributed by atoms with E-state index in [1.807, 2.05) is 54.6 Å². The van der Waals surface area contributed by atoms with Crippen LogP contribution in [-0.4, -0.2) is 34.9 Å². The van der Waals surface area contributed by atoms with Crippen molar-refractivity contribution < 1.29 is 23.7 Å². The van der Waals surface area contributed by atoms with E-state index in [0.717, 1.165) is 16.9 Å². The number of benzene rings is 2. The zero-order valence-electron chi connectivity index (χ0n) is 19.8. The van der Waals surface area contributed by atoms with Crippen LogP contribution in [0.4, 0.5) is 10.6 Å². The topological polar surface area (TPSA) is 91.8 Å². The van der Waals surface area contributed by atoms with Crippen molar-refractivity contribution >= 4 is 11.9 Å². The van der Waals surface area contributed by atoms with E-state index in [1.165, 1.54) is 12.4 Å². The SMILES string of the molecule is CC(C)(C)OC(=O)Nc1cnc(OCCCOCc2ccccc2OCc2ccccc2)cn1. The van der Waals surface area contributed by atoms with E-state index in [2.05, 4.69) is 15.3 Å². The highest BCUT2D eigenvalue weighted by atomic mass is 16.6. The zero-order chi connectivity index (χ0) is 24.2. The summed E-state index contributed by atoms with van der Waals surface area (Å²) in [5, 5.41) is 2.53. The predicted molar refractivity (Wildman–Crippen MR) is 129 cm³/mol. The van der Waals surface area contributed by atoms with Crippen molar-refractivity contribution in [2.45, 2.75) is 46.0 Å². The maximum absolute atomic E-state index is 11.8. The highest BCUT2D eigenvalue weighted by Gasteiger charge is 2.16. The molecule has 2 aromatic carbocycles. The molecule has 1 N–H and O–H groups in total. The Bertz CT molecular complexity index is 1020. The summed E-state index contributed by atoms with van der Waals surface area (Å²) in [6.45, 7) is 7.29. The van der Waals surface area contributed by atoms with Gasteiger partial charge in [0, 0.05) is 12.0 Å². The summed E-state index contributed by atoms with van der Waals surface area (Å²) in [7, 11) is 0. The molecule has 1 amide bonds. The molecule has 0 atom stereocenters. The first-order chi connectivity index (χ1) is 16.4. The van der Waals surface area contributed by atoms with E-state index in [-0.39, 0.29) is 5.82 Å². The van der Waals surface area contributed by atoms with Crippen LogP contribution in [0.3, 0.4) is 0 Å². The smallest absolute Gasteiger partial charge is 0.413 e. The molecule has 34 heavy (non-hydrogen) atoms. The van der Waals surface area contributed by atoms with Gasteiger partial charge >= 0.3 is 6.09 Å². The molecule has 0 spiro atoms. The minimum Gasteiger partial charge on any atom is -0.489 e. The third-order valence-corrected chi connectivity index (χ3v) is 4.41. The minimum absolute atomic E-state index is 0.290. The van der Waals surface area contributed by atoms with Gasteiger partial charge in [0.15, 0.2) is 5.82 Å². The molecule has 3 rings (SSSR count). The van der Waals surface area contributed by atoms with Gasteiger partial charge in [-0.1, -0.05) is 48.5 Å². The van der Waals surface area contributed by atoms with Crippen LogP contribution in [0.25, 0.3) is 0 Å². The fourth-order valence-electron chi connectivity index (χ4n) is 2.88. The average molecular weight is 466 g/mol. The number of aromatic nitrogens is 2. The molecular formula is C26H31N3O5. The van der Waals surface area contributed by atoms with Crippen LogP contribution >= 0.6 is 0 Å². The molecule has 8 nitrogen and oxygen atoms in total. The molecule has 180 valence electrons. The van der Waals surface area contributed by atoms with Gasteiger partial charge < -0.3 is 18.9 Å². The van der Waals surface area contributed by atoms with Crippen molar-refractivity contribution in [2.24, 2.45) is 0 Å². The molecule has 1 heterocycles. The lowest BCUT2D eigenvalue weighted by atomic mass is 10.2. The highest BCUT2D eigenvalue weighted by molar-refractivity contribution is 5.83. The molecule has 0 aliphatic rings. The zero-order valence-corrected chi connectivity index (χ0v) is 19.8. The number of nitrogens with zero attached hydrogens (tertiary/aromatic N) is 2. The Kier molecular flexibility index (Phi) is 9.22. The van der Waals surface area contributed by atoms with Crippen LogP contribution in [0, 0.1) is 0 Å². The van der Waals surface area contributed by atoms with E-state index in [0.29, 0.717) is 38.7 Å². The first-order valence-corrected chi connectivity index (χ1v) is 11.2. The maximum atomic E-state index is 11.8. The second-order valence-corrected chi connectivity index (χ2v) is 8.50. The van der Waals surface area contributed by atoms with Gasteiger partial charge in [0.05, 0.1) is 32.2 Å². The predicted octanol–water partition coefficient (Wildman–Crippen LogP) is 5.39. The van der Waals surface area contributed by atoms with E-state index in [9.17, 15) is 4.79 Å². The third-order valence-electron chi connectivity index (χ3n) is 4.41. The number of carbonyl (C=O) groups is 1. The fourth-order valence-corrected chi connectivity index (χ4v) is 2.88. The van der Waals surface area contributed by atoms with Crippen LogP contribution < -0.4 is 14.8 Å². The van der Waals surface area contributed by atoms with E-state index in [1.54, 1.807) is 20.8 Å². The van der Waals surface area contributed by atoms with Crippen molar-refractivity contribution in [3.63, 3.8) is 0 Å². The minimum atomic E-state index is -0.584. The summed E-state index contributed by atoms with van der Waals surface area (Å²) in [5.74, 6) is 1.48. The summed E-state index contributed by atoms with van der Waals surface area (Å²) in [5.41, 5.74) is 1.53. The molecule has 0 unspecified atom stereocenters. The maximum Gasteiger partial charge on any atom is 0.413 e. The second-order valence-electron chi connectivity index (χ2n) is 8.50. The summed E-state index contributed by atoms with van der Waals surface area (Å²) in [6, 6.07) is 17.9. The van der Waals surface area contributed by atoms with Gasteiger partial charge in [0.25, 0.3) is 0 Å². The normalized spacial score (nSPS) is 11.0. The molecule has 0 aliphatic carbocycles. The van der Waals surface area contributed by atoms with Crippen molar-refractivity contribution in [1.29, 1.82) is 0 Å². The first kappa shape index (κ1) is 25.0. The number of para-hydroxylation sites is 1. The molecule has 8 heteroatoms. The van der Waals surface area contributed by atoms with Crippen molar-refractivity contribution in [2.75, 3.05) is 18.5 Å². The molecule has 0 saturated carbocycles. The summed E-state index contributed by atoms with van der Waals surface area (Å²) in [4.78, 5) is 20.0. The lowest BCUT2D eigenvalue weighted by Crippen LogP contribution is -2.27. The van der Waals surface area contributed by atoms with E-state index in [4.69, 9.17) is 18.9 Å². The van der Waals surface area contributed by atoms with Gasteiger partial charge in [0.1, 0.15) is 18.0 Å². The number of rotatable bonds is 11. The number of amides is 1. The second kappa shape index (κ2) is 12.6. The van der Waals surface area contributed by atoms with Crippen LogP contribution in [0.15, 0.2) is 67.0 Å². The number of carbonyl (C=O) groups excluding carboxylic acids is 1. The molecule has 0 fully saturated rings. The van der Waals surface area contributed by atoms with Crippen molar-refractivity contribution in [1.82, 2.24) is 9.97 Å². The molecule has 3 aromatic rings. The Hall–Kier alpha value is -3.65. The lowest BCUT2D eigenvalue weighted by molar-refractivity contribution is 0.0635. The summed E-state index contributed by atoms with van der Waals surface area (Å²) >= 11 is 0. The Morgan fingerprint density at radius 3 is 2.38 bits per heavy atom. The lowest BCUT2D eigenvalue weighted by Gasteiger charge is -2.19. The van der Waals surface area contributed by atoms with Crippen molar-refractivity contribution in [3.05, 3.63) is 78.1 Å². The van der Waals surface area contributed by atoms with Crippen LogP contribution in [0.1, 0.15) is 38.3 Å². The highest BCUT2D eigenvalue weighted by Crippen LogP contribution is 2.20. The van der Waals surface area contributed by atoms with Gasteiger partial charge in [-0.3, -0.25) is 5.32 Å². The molecule has 0 radical (unpaired) electrons. The molecule has 1 aromatic heterocycles. The van der Waals surface area contributed by atoms with Crippen LogP contribution in [0.5, 0.6) is 11.6 Å². The number of hydrogen-bond donors (Lipinski definition) is 1. The van der Waals surface area contributed by atoms with Crippen LogP contribution in [-0.2, 0) is 22.7 Å². The Morgan fingerprint density at radius 2 is 1.65 bits per heavy atom.